The van der Waals surface area contributed by atoms with E-state index < -0.39 is 0 Å². The van der Waals surface area contributed by atoms with Crippen molar-refractivity contribution in [2.45, 2.75) is 77.6 Å². The Balaban J connectivity index is 1.98. The quantitative estimate of drug-likeness (QED) is 0.584. The second-order valence-electron chi connectivity index (χ2n) is 5.66. The third-order valence-corrected chi connectivity index (χ3v) is 3.68. The molecule has 0 bridgehead atoms. The highest BCUT2D eigenvalue weighted by molar-refractivity contribution is 5.20. The summed E-state index contributed by atoms with van der Waals surface area (Å²) in [5.74, 6) is 0.0656. The molecule has 20 heavy (non-hydrogen) atoms. The number of unbranched alkanes of at least 4 members (excludes halogenated alkanes) is 9. The van der Waals surface area contributed by atoms with Gasteiger partial charge in [-0.3, -0.25) is 4.79 Å². The summed E-state index contributed by atoms with van der Waals surface area (Å²) < 4.78 is 0. The highest BCUT2D eigenvalue weighted by Gasteiger charge is 1.98. The van der Waals surface area contributed by atoms with Crippen molar-refractivity contribution >= 4 is 0 Å². The van der Waals surface area contributed by atoms with Gasteiger partial charge in [-0.05, 0) is 18.9 Å². The van der Waals surface area contributed by atoms with Gasteiger partial charge in [-0.1, -0.05) is 64.7 Å². The molecule has 0 aromatic carbocycles. The van der Waals surface area contributed by atoms with Gasteiger partial charge >= 0.3 is 0 Å². The first kappa shape index (κ1) is 16.8. The monoisotopic (exact) mass is 279 g/mol. The number of hydrogen-bond donors (Lipinski definition) is 2. The zero-order valence-electron chi connectivity index (χ0n) is 12.8. The molecule has 1 aromatic rings. The standard InChI is InChI=1S/C17H29NO2/c1-2-3-4-5-6-7-8-9-10-11-12-15-13-16(19)14-17(20)18-15/h13-14H,2-12H2,1H3,(H2,18,19,20). The van der Waals surface area contributed by atoms with E-state index >= 15 is 0 Å². The Labute approximate surface area is 122 Å². The van der Waals surface area contributed by atoms with Gasteiger partial charge in [0, 0.05) is 11.8 Å². The van der Waals surface area contributed by atoms with Crippen molar-refractivity contribution in [1.82, 2.24) is 4.98 Å². The van der Waals surface area contributed by atoms with Crippen LogP contribution in [0.15, 0.2) is 16.9 Å². The van der Waals surface area contributed by atoms with Crippen molar-refractivity contribution in [2.24, 2.45) is 0 Å². The molecule has 0 unspecified atom stereocenters. The van der Waals surface area contributed by atoms with Crippen LogP contribution in [-0.2, 0) is 6.42 Å². The largest absolute Gasteiger partial charge is 0.508 e. The molecule has 0 radical (unpaired) electrons. The van der Waals surface area contributed by atoms with E-state index in [9.17, 15) is 9.90 Å². The van der Waals surface area contributed by atoms with Crippen LogP contribution in [0.25, 0.3) is 0 Å². The Morgan fingerprint density at radius 1 is 0.900 bits per heavy atom. The van der Waals surface area contributed by atoms with Crippen molar-refractivity contribution in [2.75, 3.05) is 0 Å². The summed E-state index contributed by atoms with van der Waals surface area (Å²) in [7, 11) is 0. The number of aromatic amines is 1. The average Bonchev–Trinajstić information content (AvgIpc) is 2.40. The number of rotatable bonds is 11. The highest BCUT2D eigenvalue weighted by Crippen LogP contribution is 2.12. The Bertz CT molecular complexity index is 412. The summed E-state index contributed by atoms with van der Waals surface area (Å²) in [5, 5.41) is 9.34. The molecule has 0 aliphatic heterocycles. The second kappa shape index (κ2) is 10.5. The first-order chi connectivity index (χ1) is 9.72. The number of aryl methyl sites for hydroxylation is 1. The van der Waals surface area contributed by atoms with E-state index in [1.807, 2.05) is 0 Å². The van der Waals surface area contributed by atoms with Gasteiger partial charge < -0.3 is 10.1 Å². The topological polar surface area (TPSA) is 53.1 Å². The smallest absolute Gasteiger partial charge is 0.251 e. The zero-order valence-corrected chi connectivity index (χ0v) is 12.8. The van der Waals surface area contributed by atoms with Crippen LogP contribution in [-0.4, -0.2) is 10.1 Å². The Morgan fingerprint density at radius 3 is 2.00 bits per heavy atom. The minimum Gasteiger partial charge on any atom is -0.508 e. The molecule has 1 heterocycles. The Hall–Kier alpha value is -1.25. The Kier molecular flexibility index (Phi) is 8.84. The van der Waals surface area contributed by atoms with E-state index in [0.717, 1.165) is 18.5 Å². The fourth-order valence-electron chi connectivity index (χ4n) is 2.52. The number of nitrogens with one attached hydrogen (secondary N) is 1. The molecule has 1 aromatic heterocycles. The van der Waals surface area contributed by atoms with Crippen LogP contribution < -0.4 is 5.56 Å². The van der Waals surface area contributed by atoms with Gasteiger partial charge in [0.25, 0.3) is 5.56 Å². The molecule has 1 rings (SSSR count). The maximum absolute atomic E-state index is 11.2. The average molecular weight is 279 g/mol. The molecule has 0 aliphatic carbocycles. The third-order valence-electron chi connectivity index (χ3n) is 3.68. The number of pyridine rings is 1. The number of H-pyrrole nitrogens is 1. The van der Waals surface area contributed by atoms with Crippen LogP contribution >= 0.6 is 0 Å². The first-order valence-electron chi connectivity index (χ1n) is 8.14. The van der Waals surface area contributed by atoms with Crippen LogP contribution in [0.1, 0.15) is 76.8 Å². The van der Waals surface area contributed by atoms with Gasteiger partial charge in [0.2, 0.25) is 0 Å². The van der Waals surface area contributed by atoms with E-state index in [0.29, 0.717) is 0 Å². The number of hydrogen-bond acceptors (Lipinski definition) is 2. The van der Waals surface area contributed by atoms with Crippen molar-refractivity contribution in [1.29, 1.82) is 0 Å². The molecule has 3 heteroatoms. The normalized spacial score (nSPS) is 10.8. The SMILES string of the molecule is CCCCCCCCCCCCc1cc(O)cc(=O)[nH]1. The number of aromatic hydroxyl groups is 1. The molecule has 0 amide bonds. The van der Waals surface area contributed by atoms with Gasteiger partial charge in [-0.2, -0.15) is 0 Å². The van der Waals surface area contributed by atoms with Gasteiger partial charge in [-0.15, -0.1) is 0 Å². The predicted octanol–water partition coefficient (Wildman–Crippen LogP) is 4.54. The van der Waals surface area contributed by atoms with Crippen molar-refractivity contribution in [3.63, 3.8) is 0 Å². The molecule has 114 valence electrons. The van der Waals surface area contributed by atoms with Crippen LogP contribution in [0.4, 0.5) is 0 Å². The van der Waals surface area contributed by atoms with Crippen molar-refractivity contribution in [3.05, 3.63) is 28.2 Å². The molecule has 0 spiro atoms. The van der Waals surface area contributed by atoms with Crippen LogP contribution in [0, 0.1) is 0 Å². The summed E-state index contributed by atoms with van der Waals surface area (Å²) in [6, 6.07) is 2.86. The lowest BCUT2D eigenvalue weighted by Crippen LogP contribution is -2.06. The van der Waals surface area contributed by atoms with Crippen molar-refractivity contribution < 1.29 is 5.11 Å². The van der Waals surface area contributed by atoms with Crippen LogP contribution in [0.3, 0.4) is 0 Å². The third kappa shape index (κ3) is 8.03. The van der Waals surface area contributed by atoms with Crippen molar-refractivity contribution in [3.8, 4) is 5.75 Å². The first-order valence-corrected chi connectivity index (χ1v) is 8.14. The van der Waals surface area contributed by atoms with E-state index in [-0.39, 0.29) is 11.3 Å². The molecule has 2 N–H and O–H groups in total. The fourth-order valence-corrected chi connectivity index (χ4v) is 2.52. The number of aromatic nitrogens is 1. The molecular weight excluding hydrogens is 250 g/mol. The summed E-state index contributed by atoms with van der Waals surface area (Å²) >= 11 is 0. The van der Waals surface area contributed by atoms with E-state index in [2.05, 4.69) is 11.9 Å². The summed E-state index contributed by atoms with van der Waals surface area (Å²) in [4.78, 5) is 13.9. The Morgan fingerprint density at radius 2 is 1.45 bits per heavy atom. The summed E-state index contributed by atoms with van der Waals surface area (Å²) in [6.45, 7) is 2.25. The molecule has 0 fully saturated rings. The van der Waals surface area contributed by atoms with Crippen LogP contribution in [0.2, 0.25) is 0 Å². The minimum atomic E-state index is -0.216. The lowest BCUT2D eigenvalue weighted by Gasteiger charge is -2.03. The highest BCUT2D eigenvalue weighted by atomic mass is 16.3. The molecule has 0 aliphatic rings. The fraction of sp³-hybridized carbons (Fsp3) is 0.706. The van der Waals surface area contributed by atoms with Gasteiger partial charge in [-0.25, -0.2) is 0 Å². The maximum atomic E-state index is 11.2. The molecule has 0 saturated heterocycles. The van der Waals surface area contributed by atoms with Gasteiger partial charge in [0.1, 0.15) is 5.75 Å². The molecule has 0 saturated carbocycles. The lowest BCUT2D eigenvalue weighted by molar-refractivity contribution is 0.472. The second-order valence-corrected chi connectivity index (χ2v) is 5.66. The van der Waals surface area contributed by atoms with Crippen LogP contribution in [0.5, 0.6) is 5.75 Å². The zero-order chi connectivity index (χ0) is 14.6. The molecule has 0 atom stereocenters. The lowest BCUT2D eigenvalue weighted by atomic mass is 10.1. The molecular formula is C17H29NO2. The predicted molar refractivity (Wildman–Crippen MR) is 84.3 cm³/mol. The van der Waals surface area contributed by atoms with E-state index in [1.54, 1.807) is 6.07 Å². The van der Waals surface area contributed by atoms with E-state index in [4.69, 9.17) is 0 Å². The summed E-state index contributed by atoms with van der Waals surface area (Å²) in [6.07, 6.45) is 13.9. The summed E-state index contributed by atoms with van der Waals surface area (Å²) in [5.41, 5.74) is 0.627. The molecule has 3 nitrogen and oxygen atoms in total. The van der Waals surface area contributed by atoms with Gasteiger partial charge in [0.15, 0.2) is 0 Å². The van der Waals surface area contributed by atoms with Gasteiger partial charge in [0.05, 0.1) is 0 Å². The maximum Gasteiger partial charge on any atom is 0.251 e. The van der Waals surface area contributed by atoms with E-state index in [1.165, 1.54) is 63.9 Å². The minimum absolute atomic E-state index is 0.0656.